The SMILES string of the molecule is CC1=C2[O][Ge]([c]3c(C)cc(C)cc3C)([c]3c(C)cc(C)cc3C)[C]3(c4ccccc4-c4ccccc43)[C@@]2(C)C(C)=C2[O][Ge]([c]3c(C)cc(C)cc3C)([c]3c(C)cc(C)cc3C)[C]3(c4ccccc4-c4ccccc43)[C@]12C. The molecule has 0 N–H and O–H groups in total. The molecular formula is C72H72Ge2O2. The van der Waals surface area contributed by atoms with Crippen LogP contribution in [0.3, 0.4) is 0 Å². The van der Waals surface area contributed by atoms with Gasteiger partial charge in [0.15, 0.2) is 0 Å². The average molecular weight is 1110 g/mol. The van der Waals surface area contributed by atoms with Crippen molar-refractivity contribution in [2.24, 2.45) is 10.8 Å². The Bertz CT molecular complexity index is 3440. The van der Waals surface area contributed by atoms with Gasteiger partial charge in [0.2, 0.25) is 0 Å². The van der Waals surface area contributed by atoms with E-state index in [2.05, 4.69) is 256 Å². The molecule has 380 valence electrons. The normalized spacial score (nSPS) is 21.3. The van der Waals surface area contributed by atoms with Gasteiger partial charge in [0.1, 0.15) is 0 Å². The summed E-state index contributed by atoms with van der Waals surface area (Å²) < 4.78 is 22.9. The molecule has 4 heteroatoms. The zero-order valence-corrected chi connectivity index (χ0v) is 51.9. The molecule has 0 unspecified atom stereocenters. The number of hydrogen-bond acceptors (Lipinski definition) is 2. The van der Waals surface area contributed by atoms with Crippen LogP contribution < -0.4 is 17.6 Å². The maximum atomic E-state index is 9.22. The molecule has 2 heterocycles. The second-order valence-electron chi connectivity index (χ2n) is 24.5. The molecule has 0 amide bonds. The van der Waals surface area contributed by atoms with E-state index in [4.69, 9.17) is 0 Å². The van der Waals surface area contributed by atoms with Crippen molar-refractivity contribution in [2.45, 2.75) is 119 Å². The summed E-state index contributed by atoms with van der Waals surface area (Å²) in [6.45, 7) is 38.5. The van der Waals surface area contributed by atoms with E-state index < -0.39 is 46.5 Å². The Morgan fingerprint density at radius 2 is 0.487 bits per heavy atom. The number of aryl methyl sites for hydroxylation is 12. The molecule has 8 aromatic rings. The van der Waals surface area contributed by atoms with Crippen molar-refractivity contribution < 1.29 is 7.53 Å². The van der Waals surface area contributed by atoms with Crippen molar-refractivity contribution in [1.29, 1.82) is 0 Å². The van der Waals surface area contributed by atoms with Gasteiger partial charge in [-0.3, -0.25) is 0 Å². The van der Waals surface area contributed by atoms with E-state index in [1.54, 1.807) is 0 Å². The Hall–Kier alpha value is -6.07. The fourth-order valence-electron chi connectivity index (χ4n) is 18.4. The van der Waals surface area contributed by atoms with E-state index in [1.165, 1.54) is 140 Å². The van der Waals surface area contributed by atoms with Crippen LogP contribution in [0.5, 0.6) is 0 Å². The van der Waals surface area contributed by atoms with Crippen LogP contribution in [-0.4, -0.2) is 27.2 Å². The van der Waals surface area contributed by atoms with Crippen molar-refractivity contribution in [3.63, 3.8) is 0 Å². The van der Waals surface area contributed by atoms with Gasteiger partial charge in [0.05, 0.1) is 0 Å². The van der Waals surface area contributed by atoms with Crippen LogP contribution in [0.1, 0.15) is 117 Å². The Balaban J connectivity index is 1.31. The van der Waals surface area contributed by atoms with Gasteiger partial charge in [0, 0.05) is 0 Å². The average Bonchev–Trinajstić information content (AvgIpc) is 4.06. The third kappa shape index (κ3) is 5.47. The summed E-state index contributed by atoms with van der Waals surface area (Å²) in [5.74, 6) is 2.30. The molecule has 5 aliphatic rings. The fraction of sp³-hybridized carbons (Fsp3) is 0.278. The summed E-state index contributed by atoms with van der Waals surface area (Å²) in [5, 5.41) is 0. The molecule has 0 radical (unpaired) electrons. The zero-order valence-electron chi connectivity index (χ0n) is 47.7. The second-order valence-corrected chi connectivity index (χ2v) is 38.4. The zero-order chi connectivity index (χ0) is 53.6. The predicted molar refractivity (Wildman–Crippen MR) is 322 cm³/mol. The topological polar surface area (TPSA) is 18.5 Å². The van der Waals surface area contributed by atoms with E-state index in [0.29, 0.717) is 0 Å². The molecular weight excluding hydrogens is 1040 g/mol. The third-order valence-electron chi connectivity index (χ3n) is 20.2. The molecule has 8 aromatic carbocycles. The van der Waals surface area contributed by atoms with E-state index in [-0.39, 0.29) is 0 Å². The summed E-state index contributed by atoms with van der Waals surface area (Å²) in [7, 11) is 0. The molecule has 2 spiro atoms. The monoisotopic (exact) mass is 1120 g/mol. The fourth-order valence-corrected chi connectivity index (χ4v) is 46.7. The molecule has 0 aromatic heterocycles. The first-order chi connectivity index (χ1) is 36.2. The number of hydrogen-bond donors (Lipinski definition) is 0. The summed E-state index contributed by atoms with van der Waals surface area (Å²) in [6, 6.07) is 57.6. The summed E-state index contributed by atoms with van der Waals surface area (Å²) in [6.07, 6.45) is 0. The molecule has 13 rings (SSSR count). The summed E-state index contributed by atoms with van der Waals surface area (Å²) in [5.41, 5.74) is 27.7. The van der Waals surface area contributed by atoms with Gasteiger partial charge in [-0.15, -0.1) is 0 Å². The quantitative estimate of drug-likeness (QED) is 0.164. The Kier molecular flexibility index (Phi) is 10.6. The number of benzene rings is 8. The minimum absolute atomic E-state index is 0.656. The van der Waals surface area contributed by atoms with E-state index in [1.807, 2.05) is 0 Å². The second kappa shape index (κ2) is 16.2. The molecule has 0 bridgehead atoms. The Morgan fingerprint density at radius 1 is 0.289 bits per heavy atom. The van der Waals surface area contributed by atoms with Gasteiger partial charge >= 0.3 is 462 Å². The minimum atomic E-state index is -4.67. The van der Waals surface area contributed by atoms with Crippen molar-refractivity contribution in [3.05, 3.63) is 257 Å². The molecule has 2 saturated heterocycles. The molecule has 3 aliphatic carbocycles. The van der Waals surface area contributed by atoms with Gasteiger partial charge in [0.25, 0.3) is 0 Å². The van der Waals surface area contributed by atoms with Crippen LogP contribution in [0.4, 0.5) is 0 Å². The van der Waals surface area contributed by atoms with Gasteiger partial charge in [-0.25, -0.2) is 0 Å². The van der Waals surface area contributed by atoms with Crippen LogP contribution in [0.15, 0.2) is 168 Å². The van der Waals surface area contributed by atoms with Gasteiger partial charge in [-0.05, 0) is 0 Å². The Labute approximate surface area is 458 Å². The summed E-state index contributed by atoms with van der Waals surface area (Å²) >= 11 is -9.33. The molecule has 2 aliphatic heterocycles. The third-order valence-corrected chi connectivity index (χ3v) is 43.6. The Morgan fingerprint density at radius 3 is 0.697 bits per heavy atom. The molecule has 76 heavy (non-hydrogen) atoms. The van der Waals surface area contributed by atoms with Crippen LogP contribution >= 0.6 is 0 Å². The van der Waals surface area contributed by atoms with Gasteiger partial charge in [-0.1, -0.05) is 0 Å². The number of rotatable bonds is 4. The number of fused-ring (bicyclic) bond motifs is 14. The maximum absolute atomic E-state index is 9.22. The molecule has 2 nitrogen and oxygen atoms in total. The van der Waals surface area contributed by atoms with E-state index >= 15 is 0 Å². The molecule has 0 saturated carbocycles. The van der Waals surface area contributed by atoms with Gasteiger partial charge in [-0.2, -0.15) is 0 Å². The summed E-state index contributed by atoms with van der Waals surface area (Å²) in [4.78, 5) is 0. The standard InChI is InChI=1S/C72H72Ge2O2/c1-41-33-45(5)63(46(6)34-41)73(64-47(7)35-42(2)36-48(64)8)71(59-29-21-17-25-55(59)56-26-18-22-30-60(56)71)69(15)54(14)68-70(16,53(13)67(69)75-73)72(61-31-23-19-27-57(61)58-28-20-24-32-62(58)72)74(76-68,65-49(9)37-43(3)38-50(65)10)66-51(11)39-44(4)40-52(66)12/h17-40H,1-16H3/t69-,70+. The van der Waals surface area contributed by atoms with Crippen LogP contribution in [-0.2, 0) is 16.0 Å². The van der Waals surface area contributed by atoms with Crippen LogP contribution in [0.2, 0.25) is 0 Å². The van der Waals surface area contributed by atoms with Gasteiger partial charge < -0.3 is 0 Å². The van der Waals surface area contributed by atoms with Crippen molar-refractivity contribution in [1.82, 2.24) is 0 Å². The molecule has 2 fully saturated rings. The van der Waals surface area contributed by atoms with Crippen molar-refractivity contribution >= 4 is 44.8 Å². The van der Waals surface area contributed by atoms with Crippen LogP contribution in [0.25, 0.3) is 22.3 Å². The van der Waals surface area contributed by atoms with E-state index in [9.17, 15) is 7.53 Å². The first-order valence-corrected chi connectivity index (χ1v) is 35.8. The predicted octanol–water partition coefficient (Wildman–Crippen LogP) is 14.9. The molecule has 2 atom stereocenters. The van der Waals surface area contributed by atoms with E-state index in [0.717, 1.165) is 11.5 Å². The van der Waals surface area contributed by atoms with Crippen molar-refractivity contribution in [3.8, 4) is 22.3 Å². The first kappa shape index (κ1) is 49.5. The first-order valence-electron chi connectivity index (χ1n) is 27.7. The number of allylic oxidation sites excluding steroid dienone is 2. The van der Waals surface area contributed by atoms with Crippen LogP contribution in [0, 0.1) is 93.9 Å². The van der Waals surface area contributed by atoms with Crippen molar-refractivity contribution in [2.75, 3.05) is 0 Å².